The smallest absolute Gasteiger partial charge is 0.103 e. The normalized spacial score (nSPS) is 33.2. The molecule has 2 fully saturated rings. The van der Waals surface area contributed by atoms with E-state index < -0.39 is 5.60 Å². The largest absolute Gasteiger partial charge is 0.386 e. The third-order valence-electron chi connectivity index (χ3n) is 3.31. The fourth-order valence-electron chi connectivity index (χ4n) is 2.10. The lowest BCUT2D eigenvalue weighted by atomic mass is 10.0. The summed E-state index contributed by atoms with van der Waals surface area (Å²) in [7, 11) is 1.73. The third-order valence-corrected chi connectivity index (χ3v) is 3.31. The SMILES string of the molecule is COCC(NCC1(O)CCOC1)C1CC1. The van der Waals surface area contributed by atoms with Crippen LogP contribution in [-0.4, -0.2) is 50.2 Å². The van der Waals surface area contributed by atoms with Gasteiger partial charge in [-0.15, -0.1) is 0 Å². The maximum absolute atomic E-state index is 10.1. The van der Waals surface area contributed by atoms with E-state index in [4.69, 9.17) is 9.47 Å². The van der Waals surface area contributed by atoms with Gasteiger partial charge in [-0.1, -0.05) is 0 Å². The number of rotatable bonds is 6. The molecule has 4 heteroatoms. The van der Waals surface area contributed by atoms with Crippen LogP contribution in [0.25, 0.3) is 0 Å². The summed E-state index contributed by atoms with van der Waals surface area (Å²) >= 11 is 0. The quantitative estimate of drug-likeness (QED) is 0.662. The first-order valence-electron chi connectivity index (χ1n) is 5.76. The van der Waals surface area contributed by atoms with Crippen molar-refractivity contribution >= 4 is 0 Å². The summed E-state index contributed by atoms with van der Waals surface area (Å²) in [6, 6.07) is 0.402. The van der Waals surface area contributed by atoms with Crippen LogP contribution in [0.1, 0.15) is 19.3 Å². The Morgan fingerprint density at radius 3 is 2.93 bits per heavy atom. The van der Waals surface area contributed by atoms with Gasteiger partial charge in [0, 0.05) is 32.7 Å². The van der Waals surface area contributed by atoms with Crippen LogP contribution in [0.15, 0.2) is 0 Å². The molecule has 2 aliphatic rings. The van der Waals surface area contributed by atoms with Crippen molar-refractivity contribution in [2.75, 3.05) is 33.5 Å². The Kier molecular flexibility index (Phi) is 3.61. The minimum absolute atomic E-state index is 0.402. The predicted octanol–water partition coefficient (Wildman–Crippen LogP) is 0.152. The van der Waals surface area contributed by atoms with Crippen LogP contribution in [-0.2, 0) is 9.47 Å². The van der Waals surface area contributed by atoms with Crippen LogP contribution in [0.4, 0.5) is 0 Å². The fourth-order valence-corrected chi connectivity index (χ4v) is 2.10. The second kappa shape index (κ2) is 4.78. The first kappa shape index (κ1) is 11.3. The summed E-state index contributed by atoms with van der Waals surface area (Å²) in [5.74, 6) is 0.746. The van der Waals surface area contributed by atoms with Crippen LogP contribution in [0.2, 0.25) is 0 Å². The van der Waals surface area contributed by atoms with Crippen molar-refractivity contribution in [3.63, 3.8) is 0 Å². The Hall–Kier alpha value is -0.160. The highest BCUT2D eigenvalue weighted by atomic mass is 16.5. The van der Waals surface area contributed by atoms with Gasteiger partial charge in [0.2, 0.25) is 0 Å². The Morgan fingerprint density at radius 1 is 1.60 bits per heavy atom. The first-order valence-corrected chi connectivity index (χ1v) is 5.76. The molecule has 0 radical (unpaired) electrons. The molecule has 2 N–H and O–H groups in total. The molecule has 2 rings (SSSR count). The molecule has 2 atom stereocenters. The molecule has 1 heterocycles. The van der Waals surface area contributed by atoms with E-state index in [1.807, 2.05) is 0 Å². The maximum Gasteiger partial charge on any atom is 0.103 e. The van der Waals surface area contributed by atoms with E-state index in [9.17, 15) is 5.11 Å². The Morgan fingerprint density at radius 2 is 2.40 bits per heavy atom. The van der Waals surface area contributed by atoms with Gasteiger partial charge in [0.15, 0.2) is 0 Å². The van der Waals surface area contributed by atoms with Crippen molar-refractivity contribution in [3.8, 4) is 0 Å². The summed E-state index contributed by atoms with van der Waals surface area (Å²) in [6.45, 7) is 2.50. The van der Waals surface area contributed by atoms with E-state index in [2.05, 4.69) is 5.32 Å². The van der Waals surface area contributed by atoms with Crippen LogP contribution in [0.5, 0.6) is 0 Å². The van der Waals surface area contributed by atoms with E-state index >= 15 is 0 Å². The van der Waals surface area contributed by atoms with Crippen LogP contribution >= 0.6 is 0 Å². The van der Waals surface area contributed by atoms with Crippen LogP contribution in [0, 0.1) is 5.92 Å². The Labute approximate surface area is 90.9 Å². The number of hydrogen-bond donors (Lipinski definition) is 2. The number of methoxy groups -OCH3 is 1. The van der Waals surface area contributed by atoms with E-state index in [-0.39, 0.29) is 0 Å². The molecule has 0 bridgehead atoms. The molecule has 1 saturated carbocycles. The highest BCUT2D eigenvalue weighted by molar-refractivity contribution is 4.91. The molecule has 15 heavy (non-hydrogen) atoms. The fraction of sp³-hybridized carbons (Fsp3) is 1.00. The first-order chi connectivity index (χ1) is 7.23. The molecule has 0 spiro atoms. The lowest BCUT2D eigenvalue weighted by Crippen LogP contribution is -2.47. The molecular formula is C11H21NO3. The highest BCUT2D eigenvalue weighted by Gasteiger charge is 2.36. The van der Waals surface area contributed by atoms with Crippen molar-refractivity contribution in [3.05, 3.63) is 0 Å². The van der Waals surface area contributed by atoms with Crippen molar-refractivity contribution in [1.82, 2.24) is 5.32 Å². The summed E-state index contributed by atoms with van der Waals surface area (Å²) in [5, 5.41) is 13.5. The second-order valence-corrected chi connectivity index (χ2v) is 4.81. The second-order valence-electron chi connectivity index (χ2n) is 4.81. The monoisotopic (exact) mass is 215 g/mol. The Balaban J connectivity index is 1.74. The molecule has 4 nitrogen and oxygen atoms in total. The van der Waals surface area contributed by atoms with E-state index in [0.29, 0.717) is 25.8 Å². The summed E-state index contributed by atoms with van der Waals surface area (Å²) in [6.07, 6.45) is 3.32. The van der Waals surface area contributed by atoms with Gasteiger partial charge in [0.05, 0.1) is 13.2 Å². The predicted molar refractivity (Wildman–Crippen MR) is 56.8 cm³/mol. The zero-order valence-electron chi connectivity index (χ0n) is 9.37. The van der Waals surface area contributed by atoms with Crippen LogP contribution in [0.3, 0.4) is 0 Å². The van der Waals surface area contributed by atoms with Gasteiger partial charge in [0.25, 0.3) is 0 Å². The zero-order chi connectivity index (χ0) is 10.7. The molecule has 1 aliphatic carbocycles. The van der Waals surface area contributed by atoms with Gasteiger partial charge in [0.1, 0.15) is 5.60 Å². The minimum atomic E-state index is -0.652. The number of hydrogen-bond acceptors (Lipinski definition) is 4. The molecule has 0 amide bonds. The van der Waals surface area contributed by atoms with Crippen molar-refractivity contribution in [1.29, 1.82) is 0 Å². The molecule has 2 unspecified atom stereocenters. The van der Waals surface area contributed by atoms with Gasteiger partial charge >= 0.3 is 0 Å². The standard InChI is InChI=1S/C11H21NO3/c1-14-6-10(9-2-3-9)12-7-11(13)4-5-15-8-11/h9-10,12-13H,2-8H2,1H3. The highest BCUT2D eigenvalue weighted by Crippen LogP contribution is 2.33. The van der Waals surface area contributed by atoms with Crippen molar-refractivity contribution in [2.45, 2.75) is 30.9 Å². The van der Waals surface area contributed by atoms with Gasteiger partial charge in [-0.2, -0.15) is 0 Å². The van der Waals surface area contributed by atoms with E-state index in [1.54, 1.807) is 7.11 Å². The maximum atomic E-state index is 10.1. The molecule has 1 aliphatic heterocycles. The minimum Gasteiger partial charge on any atom is -0.386 e. The third kappa shape index (κ3) is 3.14. The van der Waals surface area contributed by atoms with Gasteiger partial charge in [-0.05, 0) is 18.8 Å². The van der Waals surface area contributed by atoms with Gasteiger partial charge in [-0.25, -0.2) is 0 Å². The van der Waals surface area contributed by atoms with E-state index in [1.165, 1.54) is 12.8 Å². The molecule has 1 saturated heterocycles. The number of aliphatic hydroxyl groups is 1. The lowest BCUT2D eigenvalue weighted by molar-refractivity contribution is 0.0209. The number of nitrogens with one attached hydrogen (secondary N) is 1. The van der Waals surface area contributed by atoms with Crippen molar-refractivity contribution in [2.24, 2.45) is 5.92 Å². The topological polar surface area (TPSA) is 50.7 Å². The molecule has 88 valence electrons. The lowest BCUT2D eigenvalue weighted by Gasteiger charge is -2.25. The van der Waals surface area contributed by atoms with Crippen molar-refractivity contribution < 1.29 is 14.6 Å². The van der Waals surface area contributed by atoms with Gasteiger partial charge in [-0.3, -0.25) is 0 Å². The molecule has 0 aromatic heterocycles. The summed E-state index contributed by atoms with van der Waals surface area (Å²) < 4.78 is 10.4. The number of ether oxygens (including phenoxy) is 2. The molecular weight excluding hydrogens is 194 g/mol. The molecule has 0 aromatic rings. The van der Waals surface area contributed by atoms with Gasteiger partial charge < -0.3 is 19.9 Å². The zero-order valence-corrected chi connectivity index (χ0v) is 9.37. The Bertz CT molecular complexity index is 200. The average molecular weight is 215 g/mol. The summed E-state index contributed by atoms with van der Waals surface area (Å²) in [5.41, 5.74) is -0.652. The summed E-state index contributed by atoms with van der Waals surface area (Å²) in [4.78, 5) is 0. The van der Waals surface area contributed by atoms with E-state index in [0.717, 1.165) is 18.9 Å². The molecule has 0 aromatic carbocycles. The average Bonchev–Trinajstić information content (AvgIpc) is 2.97. The van der Waals surface area contributed by atoms with Crippen LogP contribution < -0.4 is 5.32 Å².